The maximum absolute atomic E-state index is 13.7. The van der Waals surface area contributed by atoms with E-state index in [0.717, 1.165) is 5.56 Å². The van der Waals surface area contributed by atoms with Crippen LogP contribution in [0.1, 0.15) is 18.0 Å². The van der Waals surface area contributed by atoms with Gasteiger partial charge in [-0.2, -0.15) is 0 Å². The highest BCUT2D eigenvalue weighted by Crippen LogP contribution is 2.25. The van der Waals surface area contributed by atoms with Crippen LogP contribution in [0.25, 0.3) is 0 Å². The van der Waals surface area contributed by atoms with Crippen LogP contribution in [0.5, 0.6) is 5.75 Å². The van der Waals surface area contributed by atoms with Crippen molar-refractivity contribution in [1.29, 1.82) is 0 Å². The highest BCUT2D eigenvalue weighted by atomic mass is 35.5. The van der Waals surface area contributed by atoms with Gasteiger partial charge in [-0.25, -0.2) is 15.2 Å². The average molecular weight is 350 g/mol. The first-order chi connectivity index (χ1) is 11.6. The predicted molar refractivity (Wildman–Crippen MR) is 90.5 cm³/mol. The Balaban J connectivity index is 1.62. The van der Waals surface area contributed by atoms with Crippen LogP contribution >= 0.6 is 11.6 Å². The number of hydrazine groups is 1. The molecule has 0 bridgehead atoms. The van der Waals surface area contributed by atoms with Gasteiger partial charge in [0.1, 0.15) is 6.04 Å². The molecule has 5 nitrogen and oxygen atoms in total. The van der Waals surface area contributed by atoms with E-state index in [1.807, 2.05) is 24.3 Å². The number of carbonyl (C=O) groups is 1. The lowest BCUT2D eigenvalue weighted by molar-refractivity contribution is -0.117. The SMILES string of the molecule is COc1ccc(NC(=O)C2CC(c3ccc(Cl)cc3)NN2)cc1F. The molecule has 2 aromatic carbocycles. The van der Waals surface area contributed by atoms with Crippen molar-refractivity contribution >= 4 is 23.2 Å². The average Bonchev–Trinajstić information content (AvgIpc) is 3.06. The van der Waals surface area contributed by atoms with E-state index in [0.29, 0.717) is 17.1 Å². The minimum absolute atomic E-state index is 0.00520. The maximum Gasteiger partial charge on any atom is 0.242 e. The molecule has 1 aliphatic heterocycles. The van der Waals surface area contributed by atoms with Crippen LogP contribution in [-0.2, 0) is 4.79 Å². The highest BCUT2D eigenvalue weighted by Gasteiger charge is 2.30. The maximum atomic E-state index is 13.7. The fourth-order valence-electron chi connectivity index (χ4n) is 2.62. The van der Waals surface area contributed by atoms with E-state index in [-0.39, 0.29) is 17.7 Å². The van der Waals surface area contributed by atoms with Gasteiger partial charge in [-0.3, -0.25) is 4.79 Å². The molecule has 0 aliphatic carbocycles. The number of methoxy groups -OCH3 is 1. The number of amides is 1. The molecule has 126 valence electrons. The normalized spacial score (nSPS) is 20.0. The highest BCUT2D eigenvalue weighted by molar-refractivity contribution is 6.30. The first kappa shape index (κ1) is 16.7. The topological polar surface area (TPSA) is 62.4 Å². The molecule has 1 fully saturated rings. The first-order valence-electron chi connectivity index (χ1n) is 7.48. The molecule has 2 aromatic rings. The van der Waals surface area contributed by atoms with Crippen molar-refractivity contribution in [2.75, 3.05) is 12.4 Å². The quantitative estimate of drug-likeness (QED) is 0.794. The summed E-state index contributed by atoms with van der Waals surface area (Å²) in [4.78, 5) is 12.3. The van der Waals surface area contributed by atoms with Gasteiger partial charge in [0.2, 0.25) is 5.91 Å². The van der Waals surface area contributed by atoms with Crippen molar-refractivity contribution in [2.45, 2.75) is 18.5 Å². The minimum atomic E-state index is -0.521. The van der Waals surface area contributed by atoms with Crippen LogP contribution in [0.3, 0.4) is 0 Å². The summed E-state index contributed by atoms with van der Waals surface area (Å²) in [5.74, 6) is -0.619. The third-order valence-corrected chi connectivity index (χ3v) is 4.16. The van der Waals surface area contributed by atoms with Crippen molar-refractivity contribution in [3.05, 3.63) is 58.9 Å². The molecule has 24 heavy (non-hydrogen) atoms. The summed E-state index contributed by atoms with van der Waals surface area (Å²) in [6.45, 7) is 0. The number of rotatable bonds is 4. The van der Waals surface area contributed by atoms with Gasteiger partial charge >= 0.3 is 0 Å². The fourth-order valence-corrected chi connectivity index (χ4v) is 2.74. The first-order valence-corrected chi connectivity index (χ1v) is 7.85. The molecule has 0 spiro atoms. The second-order valence-electron chi connectivity index (χ2n) is 5.52. The Morgan fingerprint density at radius 3 is 2.67 bits per heavy atom. The summed E-state index contributed by atoms with van der Waals surface area (Å²) >= 11 is 5.88. The Bertz CT molecular complexity index is 739. The number of carbonyl (C=O) groups excluding carboxylic acids is 1. The van der Waals surface area contributed by atoms with Gasteiger partial charge in [-0.1, -0.05) is 23.7 Å². The molecule has 2 atom stereocenters. The van der Waals surface area contributed by atoms with E-state index >= 15 is 0 Å². The number of hydrogen-bond acceptors (Lipinski definition) is 4. The molecular formula is C17H17ClFN3O2. The number of hydrogen-bond donors (Lipinski definition) is 3. The van der Waals surface area contributed by atoms with E-state index in [1.165, 1.54) is 19.2 Å². The Labute approximate surface area is 144 Å². The van der Waals surface area contributed by atoms with Crippen LogP contribution in [0.2, 0.25) is 5.02 Å². The van der Waals surface area contributed by atoms with Gasteiger partial charge in [0, 0.05) is 22.8 Å². The van der Waals surface area contributed by atoms with Crippen molar-refractivity contribution in [2.24, 2.45) is 0 Å². The molecule has 1 heterocycles. The third kappa shape index (κ3) is 3.67. The molecule has 0 saturated carbocycles. The Kier molecular flexibility index (Phi) is 4.99. The van der Waals surface area contributed by atoms with E-state index < -0.39 is 11.9 Å². The molecule has 0 radical (unpaired) electrons. The van der Waals surface area contributed by atoms with Gasteiger partial charge in [0.25, 0.3) is 0 Å². The number of nitrogens with one attached hydrogen (secondary N) is 3. The Hall–Kier alpha value is -2.15. The zero-order valence-corrected chi connectivity index (χ0v) is 13.7. The van der Waals surface area contributed by atoms with E-state index in [1.54, 1.807) is 6.07 Å². The lowest BCUT2D eigenvalue weighted by Crippen LogP contribution is -2.39. The monoisotopic (exact) mass is 349 g/mol. The summed E-state index contributed by atoms with van der Waals surface area (Å²) in [5.41, 5.74) is 7.48. The van der Waals surface area contributed by atoms with E-state index in [2.05, 4.69) is 16.2 Å². The van der Waals surface area contributed by atoms with Gasteiger partial charge in [-0.05, 0) is 36.2 Å². The molecule has 1 saturated heterocycles. The summed E-state index contributed by atoms with van der Waals surface area (Å²) in [6.07, 6.45) is 0.575. The lowest BCUT2D eigenvalue weighted by atomic mass is 10.0. The fraction of sp³-hybridized carbons (Fsp3) is 0.235. The zero-order valence-electron chi connectivity index (χ0n) is 13.0. The van der Waals surface area contributed by atoms with Crippen molar-refractivity contribution in [3.63, 3.8) is 0 Å². The standard InChI is InChI=1S/C17H17ClFN3O2/c1-24-16-7-6-12(8-13(16)19)20-17(23)15-9-14(21-22-15)10-2-4-11(18)5-3-10/h2-8,14-15,21-22H,9H2,1H3,(H,20,23). The second kappa shape index (κ2) is 7.17. The van der Waals surface area contributed by atoms with Crippen LogP contribution in [0, 0.1) is 5.82 Å². The molecule has 3 N–H and O–H groups in total. The summed E-state index contributed by atoms with van der Waals surface area (Å²) in [5, 5.41) is 3.37. The zero-order chi connectivity index (χ0) is 17.1. The van der Waals surface area contributed by atoms with Gasteiger partial charge in [-0.15, -0.1) is 0 Å². The van der Waals surface area contributed by atoms with Crippen LogP contribution in [0.4, 0.5) is 10.1 Å². The van der Waals surface area contributed by atoms with Gasteiger partial charge in [0.15, 0.2) is 11.6 Å². The molecule has 1 aliphatic rings. The summed E-state index contributed by atoms with van der Waals surface area (Å²) < 4.78 is 18.5. The number of halogens is 2. The Morgan fingerprint density at radius 2 is 2.00 bits per heavy atom. The second-order valence-corrected chi connectivity index (χ2v) is 5.96. The largest absolute Gasteiger partial charge is 0.494 e. The molecule has 3 rings (SSSR count). The predicted octanol–water partition coefficient (Wildman–Crippen LogP) is 3.03. The summed E-state index contributed by atoms with van der Waals surface area (Å²) in [7, 11) is 1.39. The van der Waals surface area contributed by atoms with Gasteiger partial charge < -0.3 is 10.1 Å². The van der Waals surface area contributed by atoms with Crippen LogP contribution in [0.15, 0.2) is 42.5 Å². The van der Waals surface area contributed by atoms with Crippen LogP contribution in [-0.4, -0.2) is 19.1 Å². The van der Waals surface area contributed by atoms with Crippen molar-refractivity contribution in [1.82, 2.24) is 10.9 Å². The summed E-state index contributed by atoms with van der Waals surface area (Å²) in [6, 6.07) is 11.3. The smallest absolute Gasteiger partial charge is 0.242 e. The lowest BCUT2D eigenvalue weighted by Gasteiger charge is -2.11. The Morgan fingerprint density at radius 1 is 1.25 bits per heavy atom. The number of ether oxygens (including phenoxy) is 1. The molecule has 2 unspecified atom stereocenters. The van der Waals surface area contributed by atoms with Crippen molar-refractivity contribution in [3.8, 4) is 5.75 Å². The molecule has 0 aromatic heterocycles. The van der Waals surface area contributed by atoms with Crippen LogP contribution < -0.4 is 20.9 Å². The molecule has 1 amide bonds. The number of anilines is 1. The number of benzene rings is 2. The molecular weight excluding hydrogens is 333 g/mol. The van der Waals surface area contributed by atoms with E-state index in [9.17, 15) is 9.18 Å². The minimum Gasteiger partial charge on any atom is -0.494 e. The van der Waals surface area contributed by atoms with E-state index in [4.69, 9.17) is 16.3 Å². The third-order valence-electron chi connectivity index (χ3n) is 3.91. The molecule has 7 heteroatoms. The van der Waals surface area contributed by atoms with Gasteiger partial charge in [0.05, 0.1) is 7.11 Å². The van der Waals surface area contributed by atoms with Crippen molar-refractivity contribution < 1.29 is 13.9 Å².